The predicted molar refractivity (Wildman–Crippen MR) is 116 cm³/mol. The maximum Gasteiger partial charge on any atom is 0.408 e. The first-order chi connectivity index (χ1) is 15.1. The molecule has 2 fully saturated rings. The highest BCUT2D eigenvalue weighted by Gasteiger charge is 2.50. The summed E-state index contributed by atoms with van der Waals surface area (Å²) in [7, 11) is 1.60. The van der Waals surface area contributed by atoms with Gasteiger partial charge in [0.15, 0.2) is 11.5 Å². The second kappa shape index (κ2) is 9.58. The molecule has 7 heteroatoms. The lowest BCUT2D eigenvalue weighted by atomic mass is 9.82. The zero-order valence-electron chi connectivity index (χ0n) is 17.8. The third-order valence-electron chi connectivity index (χ3n) is 6.18. The van der Waals surface area contributed by atoms with Crippen molar-refractivity contribution in [1.29, 1.82) is 0 Å². The van der Waals surface area contributed by atoms with Crippen molar-refractivity contribution in [2.75, 3.05) is 33.4 Å². The molecule has 2 aliphatic heterocycles. The van der Waals surface area contributed by atoms with Crippen LogP contribution in [-0.4, -0.2) is 67.2 Å². The number of methoxy groups -OCH3 is 1. The summed E-state index contributed by atoms with van der Waals surface area (Å²) < 4.78 is 16.8. The van der Waals surface area contributed by atoms with Crippen molar-refractivity contribution < 1.29 is 24.1 Å². The van der Waals surface area contributed by atoms with E-state index in [4.69, 9.17) is 14.2 Å². The van der Waals surface area contributed by atoms with Gasteiger partial charge in [0.2, 0.25) is 0 Å². The molecule has 2 saturated heterocycles. The molecule has 2 aromatic rings. The van der Waals surface area contributed by atoms with Gasteiger partial charge in [-0.05, 0) is 24.1 Å². The Kier molecular flexibility index (Phi) is 6.63. The lowest BCUT2D eigenvalue weighted by Gasteiger charge is -2.41. The largest absolute Gasteiger partial charge is 0.493 e. The van der Waals surface area contributed by atoms with Crippen molar-refractivity contribution in [2.45, 2.75) is 37.0 Å². The van der Waals surface area contributed by atoms with Gasteiger partial charge in [0, 0.05) is 32.5 Å². The van der Waals surface area contributed by atoms with Crippen LogP contribution in [0.5, 0.6) is 11.5 Å². The zero-order valence-corrected chi connectivity index (χ0v) is 17.8. The van der Waals surface area contributed by atoms with Crippen LogP contribution in [0, 0.1) is 0 Å². The molecule has 2 aromatic carbocycles. The molecule has 4 rings (SSSR count). The van der Waals surface area contributed by atoms with E-state index in [1.54, 1.807) is 7.11 Å². The van der Waals surface area contributed by atoms with E-state index >= 15 is 0 Å². The average molecular weight is 427 g/mol. The Hall–Kier alpha value is -2.77. The quantitative estimate of drug-likeness (QED) is 0.676. The number of carbonyl (C=O) groups excluding carboxylic acids is 1. The van der Waals surface area contributed by atoms with Gasteiger partial charge >= 0.3 is 6.09 Å². The van der Waals surface area contributed by atoms with Crippen molar-refractivity contribution in [2.24, 2.45) is 0 Å². The van der Waals surface area contributed by atoms with Crippen LogP contribution >= 0.6 is 0 Å². The number of β-amino-alcohol motifs (C(OH)–C–C–N with tert-alkyl or cyclic N) is 1. The van der Waals surface area contributed by atoms with Crippen LogP contribution in [0.25, 0.3) is 0 Å². The van der Waals surface area contributed by atoms with Crippen LogP contribution in [0.1, 0.15) is 18.4 Å². The van der Waals surface area contributed by atoms with Gasteiger partial charge in [0.05, 0.1) is 13.2 Å². The number of alkyl carbamates (subject to hydrolysis) is 1. The number of ether oxygens (including phenoxy) is 3. The Labute approximate surface area is 182 Å². The van der Waals surface area contributed by atoms with E-state index in [9.17, 15) is 9.90 Å². The van der Waals surface area contributed by atoms with Crippen LogP contribution in [0.2, 0.25) is 0 Å². The molecule has 2 heterocycles. The molecule has 0 aliphatic carbocycles. The zero-order chi connectivity index (χ0) is 21.7. The van der Waals surface area contributed by atoms with E-state index in [0.717, 1.165) is 32.4 Å². The van der Waals surface area contributed by atoms with Crippen molar-refractivity contribution in [1.82, 2.24) is 10.2 Å². The highest BCUT2D eigenvalue weighted by molar-refractivity contribution is 5.71. The van der Waals surface area contributed by atoms with E-state index in [2.05, 4.69) is 22.3 Å². The number of aliphatic hydroxyl groups excluding tert-OH is 1. The van der Waals surface area contributed by atoms with Crippen molar-refractivity contribution in [3.05, 3.63) is 60.2 Å². The third kappa shape index (κ3) is 5.11. The van der Waals surface area contributed by atoms with E-state index in [1.807, 2.05) is 42.5 Å². The summed E-state index contributed by atoms with van der Waals surface area (Å²) in [4.78, 5) is 14.2. The molecule has 1 spiro atoms. The van der Waals surface area contributed by atoms with Gasteiger partial charge in [-0.1, -0.05) is 42.5 Å². The van der Waals surface area contributed by atoms with E-state index < -0.39 is 11.7 Å². The molecule has 0 aromatic heterocycles. The summed E-state index contributed by atoms with van der Waals surface area (Å²) in [6.07, 6.45) is 1.28. The molecule has 7 nitrogen and oxygen atoms in total. The number of likely N-dealkylation sites (tertiary alicyclic amines) is 1. The fraction of sp³-hybridized carbons (Fsp3) is 0.458. The second-order valence-electron chi connectivity index (χ2n) is 8.26. The lowest BCUT2D eigenvalue weighted by molar-refractivity contribution is -0.0300. The van der Waals surface area contributed by atoms with E-state index in [-0.39, 0.29) is 18.7 Å². The van der Waals surface area contributed by atoms with Gasteiger partial charge < -0.3 is 29.5 Å². The Morgan fingerprint density at radius 2 is 1.81 bits per heavy atom. The lowest BCUT2D eigenvalue weighted by Crippen LogP contribution is -2.53. The Bertz CT molecular complexity index is 867. The van der Waals surface area contributed by atoms with Gasteiger partial charge in [-0.3, -0.25) is 0 Å². The number of carbonyl (C=O) groups is 1. The topological polar surface area (TPSA) is 80.3 Å². The highest BCUT2D eigenvalue weighted by atomic mass is 16.6. The molecule has 2 unspecified atom stereocenters. The van der Waals surface area contributed by atoms with Crippen LogP contribution in [0.4, 0.5) is 4.79 Å². The Morgan fingerprint density at radius 1 is 1.13 bits per heavy atom. The second-order valence-corrected chi connectivity index (χ2v) is 8.26. The summed E-state index contributed by atoms with van der Waals surface area (Å²) in [6, 6.07) is 17.5. The summed E-state index contributed by atoms with van der Waals surface area (Å²) >= 11 is 0. The average Bonchev–Trinajstić information content (AvgIpc) is 3.09. The number of amides is 1. The predicted octanol–water partition coefficient (Wildman–Crippen LogP) is 2.62. The minimum atomic E-state index is -0.622. The molecule has 2 aliphatic rings. The maximum absolute atomic E-state index is 12.0. The fourth-order valence-electron chi connectivity index (χ4n) is 4.49. The van der Waals surface area contributed by atoms with Crippen molar-refractivity contribution in [3.63, 3.8) is 0 Å². The number of para-hydroxylation sites is 2. The number of hydrogen-bond acceptors (Lipinski definition) is 6. The van der Waals surface area contributed by atoms with E-state index in [0.29, 0.717) is 18.0 Å². The van der Waals surface area contributed by atoms with Crippen LogP contribution < -0.4 is 14.8 Å². The molecule has 166 valence electrons. The molecule has 2 atom stereocenters. The third-order valence-corrected chi connectivity index (χ3v) is 6.18. The fourth-order valence-corrected chi connectivity index (χ4v) is 4.49. The number of rotatable bonds is 8. The monoisotopic (exact) mass is 426 g/mol. The Morgan fingerprint density at radius 3 is 2.52 bits per heavy atom. The molecule has 0 radical (unpaired) electrons. The van der Waals surface area contributed by atoms with Gasteiger partial charge in [-0.25, -0.2) is 4.79 Å². The molecule has 31 heavy (non-hydrogen) atoms. The number of piperidine rings is 1. The first-order valence-electron chi connectivity index (χ1n) is 10.8. The molecular formula is C24H30N2O5. The molecule has 1 amide bonds. The normalized spacial score (nSPS) is 21.4. The summed E-state index contributed by atoms with van der Waals surface area (Å²) in [5.74, 6) is 1.27. The number of nitrogens with zero attached hydrogens (tertiary/aromatic N) is 1. The molecule has 0 bridgehead atoms. The molecule has 2 N–H and O–H groups in total. The summed E-state index contributed by atoms with van der Waals surface area (Å²) in [6.45, 7) is 2.21. The number of benzene rings is 2. The SMILES string of the molecule is COc1ccccc1OCC(O)CN1CCC2(CC1)OC(=O)NC2Cc1ccccc1. The number of nitrogens with one attached hydrogen (secondary N) is 1. The van der Waals surface area contributed by atoms with Gasteiger partial charge in [0.1, 0.15) is 18.3 Å². The number of hydrogen-bond donors (Lipinski definition) is 2. The van der Waals surface area contributed by atoms with E-state index in [1.165, 1.54) is 5.56 Å². The standard InChI is InChI=1S/C24H30N2O5/c1-29-20-9-5-6-10-21(20)30-17-19(27)16-26-13-11-24(12-14-26)22(25-23(28)31-24)15-18-7-3-2-4-8-18/h2-10,19,22,27H,11-17H2,1H3,(H,25,28). The van der Waals surface area contributed by atoms with Crippen molar-refractivity contribution in [3.8, 4) is 11.5 Å². The number of aliphatic hydroxyl groups is 1. The highest BCUT2D eigenvalue weighted by Crippen LogP contribution is 2.35. The van der Waals surface area contributed by atoms with Crippen LogP contribution in [-0.2, 0) is 11.2 Å². The maximum atomic E-state index is 12.0. The van der Waals surface area contributed by atoms with Crippen LogP contribution in [0.15, 0.2) is 54.6 Å². The Balaban J connectivity index is 1.28. The first-order valence-corrected chi connectivity index (χ1v) is 10.8. The van der Waals surface area contributed by atoms with Crippen molar-refractivity contribution >= 4 is 6.09 Å². The molecule has 0 saturated carbocycles. The molecular weight excluding hydrogens is 396 g/mol. The summed E-state index contributed by atoms with van der Waals surface area (Å²) in [5, 5.41) is 13.5. The first kappa shape index (κ1) is 21.5. The van der Waals surface area contributed by atoms with Gasteiger partial charge in [0.25, 0.3) is 0 Å². The summed E-state index contributed by atoms with van der Waals surface area (Å²) in [5.41, 5.74) is 0.700. The minimum absolute atomic E-state index is 0.0386. The van der Waals surface area contributed by atoms with Crippen LogP contribution in [0.3, 0.4) is 0 Å². The smallest absolute Gasteiger partial charge is 0.408 e. The van der Waals surface area contributed by atoms with Gasteiger partial charge in [-0.2, -0.15) is 0 Å². The minimum Gasteiger partial charge on any atom is -0.493 e. The van der Waals surface area contributed by atoms with Gasteiger partial charge in [-0.15, -0.1) is 0 Å².